The average molecular weight is 530 g/mol. The number of aromatic nitrogens is 2. The molecule has 0 saturated heterocycles. The van der Waals surface area contributed by atoms with Crippen molar-refractivity contribution in [2.75, 3.05) is 13.2 Å². The fraction of sp³-hybridized carbons (Fsp3) is 0.300. The normalized spacial score (nSPS) is 15.6. The Hall–Kier alpha value is -3.91. The van der Waals surface area contributed by atoms with E-state index in [9.17, 15) is 9.59 Å². The van der Waals surface area contributed by atoms with E-state index in [4.69, 9.17) is 14.5 Å². The molecule has 196 valence electrons. The SMILES string of the molecule is CCOC(=O)C1=C(C)N=c2s/c(=C\c3cn(C(C)C)c4ccccc34)c(=O)n2[C@H]1c1ccccc1OCC. The molecule has 1 aliphatic heterocycles. The largest absolute Gasteiger partial charge is 0.494 e. The Kier molecular flexibility index (Phi) is 7.08. The standard InChI is InChI=1S/C30H31N3O4S/c1-6-36-24-15-11-9-13-22(24)27-26(29(35)37-7-2)19(5)31-30-33(27)28(34)25(38-30)16-20-17-32(18(3)4)23-14-10-8-12-21(20)23/h8-18,27H,6-7H2,1-5H3/b25-16-/t27-/m0/s1. The number of carbonyl (C=O) groups excluding carboxylic acids is 1. The number of esters is 1. The molecule has 2 aromatic carbocycles. The average Bonchev–Trinajstić information content (AvgIpc) is 3.41. The van der Waals surface area contributed by atoms with E-state index in [1.54, 1.807) is 18.4 Å². The molecule has 8 heteroatoms. The smallest absolute Gasteiger partial charge is 0.338 e. The number of para-hydroxylation sites is 2. The van der Waals surface area contributed by atoms with Crippen LogP contribution in [0.25, 0.3) is 17.0 Å². The number of benzene rings is 2. The van der Waals surface area contributed by atoms with E-state index in [1.165, 1.54) is 11.3 Å². The third kappa shape index (κ3) is 4.39. The summed E-state index contributed by atoms with van der Waals surface area (Å²) in [6, 6.07) is 15.2. The topological polar surface area (TPSA) is 74.8 Å². The number of carbonyl (C=O) groups is 1. The van der Waals surface area contributed by atoms with E-state index < -0.39 is 12.0 Å². The first-order chi connectivity index (χ1) is 18.3. The van der Waals surface area contributed by atoms with Gasteiger partial charge in [-0.15, -0.1) is 0 Å². The first kappa shape index (κ1) is 25.7. The van der Waals surface area contributed by atoms with Gasteiger partial charge in [0.15, 0.2) is 4.80 Å². The Morgan fingerprint density at radius 2 is 1.84 bits per heavy atom. The summed E-state index contributed by atoms with van der Waals surface area (Å²) < 4.78 is 15.7. The summed E-state index contributed by atoms with van der Waals surface area (Å²) in [6.07, 6.45) is 4.02. The Labute approximate surface area is 225 Å². The zero-order valence-corrected chi connectivity index (χ0v) is 23.0. The predicted octanol–water partition coefficient (Wildman–Crippen LogP) is 4.73. The Bertz CT molecular complexity index is 1740. The van der Waals surface area contributed by atoms with Crippen LogP contribution in [0.5, 0.6) is 5.75 Å². The van der Waals surface area contributed by atoms with Gasteiger partial charge in [0.2, 0.25) is 0 Å². The molecule has 0 fully saturated rings. The lowest BCUT2D eigenvalue weighted by molar-refractivity contribution is -0.139. The number of fused-ring (bicyclic) bond motifs is 2. The van der Waals surface area contributed by atoms with Crippen LogP contribution in [0.1, 0.15) is 57.8 Å². The van der Waals surface area contributed by atoms with Crippen molar-refractivity contribution in [3.05, 3.63) is 96.8 Å². The van der Waals surface area contributed by atoms with Gasteiger partial charge in [0, 0.05) is 34.3 Å². The summed E-state index contributed by atoms with van der Waals surface area (Å²) in [7, 11) is 0. The first-order valence-electron chi connectivity index (χ1n) is 12.9. The number of ether oxygens (including phenoxy) is 2. The van der Waals surface area contributed by atoms with Crippen LogP contribution in [0.3, 0.4) is 0 Å². The van der Waals surface area contributed by atoms with Gasteiger partial charge in [0.1, 0.15) is 11.8 Å². The van der Waals surface area contributed by atoms with Gasteiger partial charge < -0.3 is 14.0 Å². The summed E-state index contributed by atoms with van der Waals surface area (Å²) >= 11 is 1.32. The van der Waals surface area contributed by atoms with E-state index in [0.717, 1.165) is 22.0 Å². The van der Waals surface area contributed by atoms with Gasteiger partial charge >= 0.3 is 5.97 Å². The number of rotatable bonds is 7. The molecule has 7 nitrogen and oxygen atoms in total. The molecule has 0 amide bonds. The highest BCUT2D eigenvalue weighted by atomic mass is 32.1. The Morgan fingerprint density at radius 3 is 2.58 bits per heavy atom. The molecule has 4 aromatic rings. The van der Waals surface area contributed by atoms with Gasteiger partial charge in [-0.2, -0.15) is 0 Å². The maximum Gasteiger partial charge on any atom is 0.338 e. The van der Waals surface area contributed by atoms with E-state index in [2.05, 4.69) is 36.7 Å². The van der Waals surface area contributed by atoms with Gasteiger partial charge in [0.05, 0.1) is 29.0 Å². The van der Waals surface area contributed by atoms with Crippen LogP contribution in [0.15, 0.2) is 75.8 Å². The number of hydrogen-bond acceptors (Lipinski definition) is 6. The van der Waals surface area contributed by atoms with Crippen LogP contribution in [0, 0.1) is 0 Å². The molecule has 0 spiro atoms. The second kappa shape index (κ2) is 10.5. The van der Waals surface area contributed by atoms with E-state index in [0.29, 0.717) is 33.0 Å². The molecule has 1 aliphatic rings. The molecule has 0 saturated carbocycles. The second-order valence-electron chi connectivity index (χ2n) is 9.38. The highest BCUT2D eigenvalue weighted by Gasteiger charge is 2.35. The van der Waals surface area contributed by atoms with Crippen LogP contribution >= 0.6 is 11.3 Å². The fourth-order valence-corrected chi connectivity index (χ4v) is 6.03. The van der Waals surface area contributed by atoms with Gasteiger partial charge in [-0.25, -0.2) is 9.79 Å². The third-order valence-electron chi connectivity index (χ3n) is 6.64. The first-order valence-corrected chi connectivity index (χ1v) is 13.7. The number of thiazole rings is 1. The minimum atomic E-state index is -0.716. The molecule has 0 unspecified atom stereocenters. The minimum Gasteiger partial charge on any atom is -0.494 e. The van der Waals surface area contributed by atoms with Crippen molar-refractivity contribution in [3.8, 4) is 5.75 Å². The molecule has 0 aliphatic carbocycles. The second-order valence-corrected chi connectivity index (χ2v) is 10.4. The van der Waals surface area contributed by atoms with Crippen molar-refractivity contribution in [3.63, 3.8) is 0 Å². The summed E-state index contributed by atoms with van der Waals surface area (Å²) in [5.74, 6) is 0.130. The number of nitrogens with zero attached hydrogens (tertiary/aromatic N) is 3. The highest BCUT2D eigenvalue weighted by Crippen LogP contribution is 2.36. The van der Waals surface area contributed by atoms with Crippen molar-refractivity contribution >= 4 is 34.3 Å². The number of hydrogen-bond donors (Lipinski definition) is 0. The van der Waals surface area contributed by atoms with E-state index >= 15 is 0 Å². The van der Waals surface area contributed by atoms with Crippen molar-refractivity contribution in [1.82, 2.24) is 9.13 Å². The van der Waals surface area contributed by atoms with Crippen molar-refractivity contribution in [2.45, 2.75) is 46.7 Å². The van der Waals surface area contributed by atoms with Crippen LogP contribution < -0.4 is 19.6 Å². The predicted molar refractivity (Wildman–Crippen MR) is 150 cm³/mol. The lowest BCUT2D eigenvalue weighted by Crippen LogP contribution is -2.40. The lowest BCUT2D eigenvalue weighted by Gasteiger charge is -2.26. The Morgan fingerprint density at radius 1 is 1.11 bits per heavy atom. The van der Waals surface area contributed by atoms with Gasteiger partial charge in [0.25, 0.3) is 5.56 Å². The van der Waals surface area contributed by atoms with Gasteiger partial charge in [-0.3, -0.25) is 9.36 Å². The quantitative estimate of drug-likeness (QED) is 0.325. The monoisotopic (exact) mass is 529 g/mol. The molecule has 0 radical (unpaired) electrons. The molecule has 1 atom stereocenters. The molecule has 3 heterocycles. The third-order valence-corrected chi connectivity index (χ3v) is 7.63. The van der Waals surface area contributed by atoms with Gasteiger partial charge in [-0.05, 0) is 52.8 Å². The van der Waals surface area contributed by atoms with Crippen LogP contribution in [-0.2, 0) is 9.53 Å². The molecule has 38 heavy (non-hydrogen) atoms. The van der Waals surface area contributed by atoms with Crippen LogP contribution in [0.4, 0.5) is 0 Å². The number of allylic oxidation sites excluding steroid dienone is 1. The lowest BCUT2D eigenvalue weighted by atomic mass is 9.95. The molecule has 0 bridgehead atoms. The minimum absolute atomic E-state index is 0.208. The molecule has 5 rings (SSSR count). The van der Waals surface area contributed by atoms with Gasteiger partial charge in [-0.1, -0.05) is 47.7 Å². The van der Waals surface area contributed by atoms with E-state index in [-0.39, 0.29) is 18.2 Å². The van der Waals surface area contributed by atoms with Crippen molar-refractivity contribution in [1.29, 1.82) is 0 Å². The van der Waals surface area contributed by atoms with E-state index in [1.807, 2.05) is 49.4 Å². The highest BCUT2D eigenvalue weighted by molar-refractivity contribution is 7.07. The Balaban J connectivity index is 1.77. The fourth-order valence-electron chi connectivity index (χ4n) is 4.99. The molecular weight excluding hydrogens is 498 g/mol. The molecule has 0 N–H and O–H groups in total. The zero-order valence-electron chi connectivity index (χ0n) is 22.2. The van der Waals surface area contributed by atoms with Crippen molar-refractivity contribution < 1.29 is 14.3 Å². The van der Waals surface area contributed by atoms with Crippen molar-refractivity contribution in [2.24, 2.45) is 4.99 Å². The van der Waals surface area contributed by atoms with Crippen LogP contribution in [0.2, 0.25) is 0 Å². The molecule has 2 aromatic heterocycles. The summed E-state index contributed by atoms with van der Waals surface area (Å²) in [5, 5.41) is 1.08. The summed E-state index contributed by atoms with van der Waals surface area (Å²) in [6.45, 7) is 10.4. The maximum atomic E-state index is 14.0. The summed E-state index contributed by atoms with van der Waals surface area (Å²) in [5.41, 5.74) is 3.47. The maximum absolute atomic E-state index is 14.0. The molecular formula is C30H31N3O4S. The van der Waals surface area contributed by atoms with Crippen LogP contribution in [-0.4, -0.2) is 28.3 Å². The summed E-state index contributed by atoms with van der Waals surface area (Å²) in [4.78, 5) is 32.5. The zero-order chi connectivity index (χ0) is 27.0.